The highest BCUT2D eigenvalue weighted by atomic mass is 32.2. The number of sulfonamides is 1. The number of nitrogens with zero attached hydrogens (tertiary/aromatic N) is 2. The van der Waals surface area contributed by atoms with Gasteiger partial charge in [0, 0.05) is 41.0 Å². The Balaban J connectivity index is 1.60. The van der Waals surface area contributed by atoms with E-state index in [4.69, 9.17) is 0 Å². The third-order valence-corrected chi connectivity index (χ3v) is 8.49. The quantitative estimate of drug-likeness (QED) is 0.162. The van der Waals surface area contributed by atoms with Crippen molar-refractivity contribution < 1.29 is 23.1 Å². The number of benzene rings is 4. The van der Waals surface area contributed by atoms with Crippen LogP contribution in [0.1, 0.15) is 53.0 Å². The molecule has 1 aliphatic rings. The van der Waals surface area contributed by atoms with E-state index in [0.717, 1.165) is 17.7 Å². The van der Waals surface area contributed by atoms with E-state index in [9.17, 15) is 33.4 Å². The molecule has 0 bridgehead atoms. The third-order valence-electron chi connectivity index (χ3n) is 6.97. The van der Waals surface area contributed by atoms with Gasteiger partial charge in [-0.3, -0.25) is 25.0 Å². The number of hydrogen-bond donors (Lipinski definition) is 2. The molecule has 41 heavy (non-hydrogen) atoms. The normalized spacial score (nSPS) is 13.7. The van der Waals surface area contributed by atoms with Crippen molar-refractivity contribution in [3.63, 3.8) is 0 Å². The van der Waals surface area contributed by atoms with E-state index >= 15 is 0 Å². The standard InChI is InChI=1S/C29H24N4O7S/c1-17(19-9-5-3-6-10-19)30-21-13-23-27(25(14-21)32(35)36)28-24(29(23)34)15-22(16-26(28)33(37)38)41(39,40)31-18(2)20-11-7-4-8-12-20/h3-18,30-31H,1-2H3. The molecule has 11 nitrogen and oxygen atoms in total. The van der Waals surface area contributed by atoms with Gasteiger partial charge in [0.2, 0.25) is 10.0 Å². The fourth-order valence-electron chi connectivity index (χ4n) is 4.97. The van der Waals surface area contributed by atoms with Gasteiger partial charge in [-0.15, -0.1) is 0 Å². The molecule has 0 aliphatic heterocycles. The maximum Gasteiger partial charge on any atom is 0.280 e. The first-order valence-electron chi connectivity index (χ1n) is 12.6. The van der Waals surface area contributed by atoms with E-state index in [2.05, 4.69) is 10.0 Å². The van der Waals surface area contributed by atoms with Crippen molar-refractivity contribution >= 4 is 32.9 Å². The summed E-state index contributed by atoms with van der Waals surface area (Å²) in [5, 5.41) is 27.4. The summed E-state index contributed by atoms with van der Waals surface area (Å²) in [6.07, 6.45) is 0. The minimum absolute atomic E-state index is 0.125. The van der Waals surface area contributed by atoms with Crippen molar-refractivity contribution in [2.45, 2.75) is 30.8 Å². The van der Waals surface area contributed by atoms with Gasteiger partial charge in [0.1, 0.15) is 0 Å². The molecular weight excluding hydrogens is 548 g/mol. The summed E-state index contributed by atoms with van der Waals surface area (Å²) in [4.78, 5) is 35.8. The fraction of sp³-hybridized carbons (Fsp3) is 0.138. The van der Waals surface area contributed by atoms with Crippen molar-refractivity contribution in [2.75, 3.05) is 5.32 Å². The number of rotatable bonds is 9. The second-order valence-electron chi connectivity index (χ2n) is 9.66. The molecule has 0 saturated heterocycles. The van der Waals surface area contributed by atoms with Gasteiger partial charge in [-0.05, 0) is 37.1 Å². The highest BCUT2D eigenvalue weighted by Crippen LogP contribution is 2.49. The van der Waals surface area contributed by atoms with Gasteiger partial charge in [-0.25, -0.2) is 13.1 Å². The SMILES string of the molecule is CC(Nc1cc2c(c([N+](=O)[O-])c1)-c1c(cc(S(=O)(=O)NC(C)c3ccccc3)cc1[N+](=O)[O-])C2=O)c1ccccc1. The van der Waals surface area contributed by atoms with E-state index in [1.165, 1.54) is 12.1 Å². The molecule has 0 spiro atoms. The van der Waals surface area contributed by atoms with Crippen LogP contribution in [-0.2, 0) is 10.0 Å². The van der Waals surface area contributed by atoms with Crippen LogP contribution >= 0.6 is 0 Å². The molecule has 0 amide bonds. The minimum Gasteiger partial charge on any atom is -0.378 e. The Kier molecular flexibility index (Phi) is 7.11. The molecule has 2 unspecified atom stereocenters. The van der Waals surface area contributed by atoms with E-state index in [1.807, 2.05) is 37.3 Å². The average molecular weight is 573 g/mol. The monoisotopic (exact) mass is 572 g/mol. The minimum atomic E-state index is -4.33. The van der Waals surface area contributed by atoms with Crippen molar-refractivity contribution in [2.24, 2.45) is 0 Å². The molecule has 1 aliphatic carbocycles. The van der Waals surface area contributed by atoms with Crippen LogP contribution < -0.4 is 10.0 Å². The number of anilines is 1. The lowest BCUT2D eigenvalue weighted by atomic mass is 10.0. The highest BCUT2D eigenvalue weighted by molar-refractivity contribution is 7.89. The number of hydrogen-bond acceptors (Lipinski definition) is 8. The molecule has 0 aromatic heterocycles. The summed E-state index contributed by atoms with van der Waals surface area (Å²) in [7, 11) is -4.33. The fourth-order valence-corrected chi connectivity index (χ4v) is 6.25. The van der Waals surface area contributed by atoms with Crippen molar-refractivity contribution in [1.82, 2.24) is 4.72 Å². The summed E-state index contributed by atoms with van der Waals surface area (Å²) in [6.45, 7) is 3.46. The molecule has 208 valence electrons. The maximum atomic E-state index is 13.6. The van der Waals surface area contributed by atoms with Crippen LogP contribution in [0.15, 0.2) is 89.8 Å². The lowest BCUT2D eigenvalue weighted by Crippen LogP contribution is -2.27. The smallest absolute Gasteiger partial charge is 0.280 e. The summed E-state index contributed by atoms with van der Waals surface area (Å²) in [5.74, 6) is -0.745. The Morgan fingerprint density at radius 1 is 0.707 bits per heavy atom. The molecule has 4 aromatic carbocycles. The second-order valence-corrected chi connectivity index (χ2v) is 11.4. The first-order valence-corrected chi connectivity index (χ1v) is 14.0. The van der Waals surface area contributed by atoms with E-state index < -0.39 is 48.0 Å². The van der Waals surface area contributed by atoms with Crippen molar-refractivity contribution in [3.8, 4) is 11.1 Å². The zero-order valence-electron chi connectivity index (χ0n) is 21.9. The summed E-state index contributed by atoms with van der Waals surface area (Å²) < 4.78 is 29.1. The highest BCUT2D eigenvalue weighted by Gasteiger charge is 2.41. The van der Waals surface area contributed by atoms with Crippen LogP contribution in [0.5, 0.6) is 0 Å². The zero-order valence-corrected chi connectivity index (χ0v) is 22.7. The molecule has 0 radical (unpaired) electrons. The van der Waals surface area contributed by atoms with Gasteiger partial charge in [0.25, 0.3) is 11.4 Å². The van der Waals surface area contributed by atoms with Crippen LogP contribution in [0.3, 0.4) is 0 Å². The van der Waals surface area contributed by atoms with Crippen molar-refractivity contribution in [3.05, 3.63) is 127 Å². The Hall–Kier alpha value is -4.94. The lowest BCUT2D eigenvalue weighted by Gasteiger charge is -2.16. The van der Waals surface area contributed by atoms with Crippen LogP contribution in [0, 0.1) is 20.2 Å². The second kappa shape index (κ2) is 10.6. The Bertz CT molecular complexity index is 1810. The van der Waals surface area contributed by atoms with Gasteiger partial charge >= 0.3 is 0 Å². The topological polar surface area (TPSA) is 162 Å². The summed E-state index contributed by atoms with van der Waals surface area (Å²) in [6, 6.07) is 21.5. The van der Waals surface area contributed by atoms with Gasteiger partial charge in [0.05, 0.1) is 25.9 Å². The van der Waals surface area contributed by atoms with Crippen LogP contribution in [0.25, 0.3) is 11.1 Å². The predicted molar refractivity (Wildman–Crippen MR) is 152 cm³/mol. The van der Waals surface area contributed by atoms with Crippen molar-refractivity contribution in [1.29, 1.82) is 0 Å². The molecule has 0 saturated carbocycles. The van der Waals surface area contributed by atoms with Gasteiger partial charge < -0.3 is 5.32 Å². The first-order chi connectivity index (χ1) is 19.5. The Morgan fingerprint density at radius 3 is 1.73 bits per heavy atom. The van der Waals surface area contributed by atoms with Gasteiger partial charge in [-0.1, -0.05) is 60.7 Å². The Labute approximate surface area is 235 Å². The lowest BCUT2D eigenvalue weighted by molar-refractivity contribution is -0.386. The molecule has 0 heterocycles. The zero-order chi connectivity index (χ0) is 29.5. The first kappa shape index (κ1) is 27.6. The third kappa shape index (κ3) is 5.17. The summed E-state index contributed by atoms with van der Waals surface area (Å²) in [5.41, 5.74) is -0.312. The van der Waals surface area contributed by atoms with Crippen LogP contribution in [0.2, 0.25) is 0 Å². The number of nitrogens with one attached hydrogen (secondary N) is 2. The number of fused-ring (bicyclic) bond motifs is 3. The molecule has 0 fully saturated rings. The average Bonchev–Trinajstić information content (AvgIpc) is 3.24. The maximum absolute atomic E-state index is 13.6. The number of carbonyl (C=O) groups is 1. The molecule has 2 N–H and O–H groups in total. The molecule has 5 rings (SSSR count). The van der Waals surface area contributed by atoms with E-state index in [-0.39, 0.29) is 34.0 Å². The van der Waals surface area contributed by atoms with Crippen LogP contribution in [0.4, 0.5) is 17.1 Å². The molecule has 2 atom stereocenters. The van der Waals surface area contributed by atoms with E-state index in [0.29, 0.717) is 5.56 Å². The number of ketones is 1. The number of nitro benzene ring substituents is 2. The Morgan fingerprint density at radius 2 is 1.20 bits per heavy atom. The number of nitro groups is 2. The van der Waals surface area contributed by atoms with Gasteiger partial charge in [-0.2, -0.15) is 0 Å². The number of carbonyl (C=O) groups excluding carboxylic acids is 1. The van der Waals surface area contributed by atoms with E-state index in [1.54, 1.807) is 37.3 Å². The predicted octanol–water partition coefficient (Wildman–Crippen LogP) is 5.93. The van der Waals surface area contributed by atoms with Gasteiger partial charge in [0.15, 0.2) is 5.78 Å². The summed E-state index contributed by atoms with van der Waals surface area (Å²) >= 11 is 0. The molecular formula is C29H24N4O7S. The molecule has 12 heteroatoms. The molecule has 4 aromatic rings. The van der Waals surface area contributed by atoms with Crippen LogP contribution in [-0.4, -0.2) is 24.0 Å². The largest absolute Gasteiger partial charge is 0.378 e.